The average molecular weight is 424 g/mol. The maximum atomic E-state index is 13.9. The molecule has 0 aliphatic rings. The Morgan fingerprint density at radius 3 is 1.70 bits per heavy atom. The fraction of sp³-hybridized carbons (Fsp3) is 0.182. The molecule has 0 radical (unpaired) electrons. The van der Waals surface area contributed by atoms with Crippen molar-refractivity contribution in [1.29, 1.82) is 0 Å². The molecule has 0 aromatic heterocycles. The Labute approximate surface area is 169 Å². The zero-order chi connectivity index (χ0) is 22.4. The Balaban J connectivity index is 2.30. The highest BCUT2D eigenvalue weighted by molar-refractivity contribution is 5.80. The number of nitrogen functional groups attached to an aromatic ring is 2. The normalized spacial score (nSPS) is 12.3. The summed E-state index contributed by atoms with van der Waals surface area (Å²) < 4.78 is 81.1. The first-order valence-corrected chi connectivity index (χ1v) is 8.83. The number of halogens is 6. The SMILES string of the molecule is Cc1cc(N)cc(-c2cc(C(F)(F)F)c(-c3cc(N)cc(C(F)(F)F)c3)cc2C)c1. The molecule has 0 aliphatic carbocycles. The van der Waals surface area contributed by atoms with Gasteiger partial charge >= 0.3 is 12.4 Å². The standard InChI is InChI=1S/C22H18F6N2/c1-11-3-13(7-16(29)4-11)18-10-20(22(26,27)28)19(5-12(18)2)14-6-15(21(23,24)25)9-17(30)8-14/h3-10H,29-30H2,1-2H3. The monoisotopic (exact) mass is 424 g/mol. The predicted molar refractivity (Wildman–Crippen MR) is 106 cm³/mol. The summed E-state index contributed by atoms with van der Waals surface area (Å²) in [5, 5.41) is 0. The second kappa shape index (κ2) is 7.27. The quantitative estimate of drug-likeness (QED) is 0.350. The van der Waals surface area contributed by atoms with Gasteiger partial charge in [-0.1, -0.05) is 12.1 Å². The molecule has 0 atom stereocenters. The lowest BCUT2D eigenvalue weighted by atomic mass is 9.89. The first-order valence-electron chi connectivity index (χ1n) is 8.83. The van der Waals surface area contributed by atoms with Crippen LogP contribution in [0, 0.1) is 13.8 Å². The van der Waals surface area contributed by atoms with E-state index in [1.54, 1.807) is 32.0 Å². The highest BCUT2D eigenvalue weighted by Crippen LogP contribution is 2.43. The summed E-state index contributed by atoms with van der Waals surface area (Å²) in [6.07, 6.45) is -9.53. The summed E-state index contributed by atoms with van der Waals surface area (Å²) in [5.41, 5.74) is 10.7. The lowest BCUT2D eigenvalue weighted by Crippen LogP contribution is -2.10. The van der Waals surface area contributed by atoms with Crippen LogP contribution in [0.4, 0.5) is 37.7 Å². The van der Waals surface area contributed by atoms with Gasteiger partial charge in [0.1, 0.15) is 0 Å². The zero-order valence-electron chi connectivity index (χ0n) is 16.0. The Morgan fingerprint density at radius 1 is 0.600 bits per heavy atom. The molecule has 0 bridgehead atoms. The lowest BCUT2D eigenvalue weighted by Gasteiger charge is -2.19. The molecular formula is C22H18F6N2. The summed E-state index contributed by atoms with van der Waals surface area (Å²) in [6.45, 7) is 3.36. The minimum absolute atomic E-state index is 0.256. The van der Waals surface area contributed by atoms with Crippen molar-refractivity contribution in [3.05, 3.63) is 70.8 Å². The third-order valence-electron chi connectivity index (χ3n) is 4.67. The van der Waals surface area contributed by atoms with Gasteiger partial charge in [-0.15, -0.1) is 0 Å². The molecule has 0 fully saturated rings. The largest absolute Gasteiger partial charge is 0.417 e. The summed E-state index contributed by atoms with van der Waals surface area (Å²) in [6, 6.07) is 9.56. The molecule has 0 saturated carbocycles. The minimum Gasteiger partial charge on any atom is -0.399 e. The van der Waals surface area contributed by atoms with Crippen molar-refractivity contribution < 1.29 is 26.3 Å². The number of benzene rings is 3. The number of alkyl halides is 6. The summed E-state index contributed by atoms with van der Waals surface area (Å²) in [5.74, 6) is 0. The third kappa shape index (κ3) is 4.37. The molecule has 3 aromatic rings. The molecule has 0 amide bonds. The molecule has 8 heteroatoms. The number of hydrogen-bond acceptors (Lipinski definition) is 2. The van der Waals surface area contributed by atoms with E-state index in [1.807, 2.05) is 0 Å². The molecule has 3 aromatic carbocycles. The van der Waals surface area contributed by atoms with Gasteiger partial charge < -0.3 is 11.5 Å². The van der Waals surface area contributed by atoms with Crippen molar-refractivity contribution >= 4 is 11.4 Å². The topological polar surface area (TPSA) is 52.0 Å². The smallest absolute Gasteiger partial charge is 0.399 e. The maximum absolute atomic E-state index is 13.9. The van der Waals surface area contributed by atoms with E-state index in [0.29, 0.717) is 34.5 Å². The van der Waals surface area contributed by atoms with Crippen molar-refractivity contribution in [2.45, 2.75) is 26.2 Å². The number of hydrogen-bond donors (Lipinski definition) is 2. The lowest BCUT2D eigenvalue weighted by molar-refractivity contribution is -0.137. The first-order chi connectivity index (χ1) is 13.8. The predicted octanol–water partition coefficient (Wildman–Crippen LogP) is 6.84. The van der Waals surface area contributed by atoms with E-state index in [-0.39, 0.29) is 16.8 Å². The molecule has 0 heterocycles. The molecule has 0 unspecified atom stereocenters. The fourth-order valence-electron chi connectivity index (χ4n) is 3.43. The number of nitrogens with two attached hydrogens (primary N) is 2. The van der Waals surface area contributed by atoms with E-state index < -0.39 is 23.5 Å². The van der Waals surface area contributed by atoms with Crippen molar-refractivity contribution in [1.82, 2.24) is 0 Å². The Morgan fingerprint density at radius 2 is 1.17 bits per heavy atom. The van der Waals surface area contributed by atoms with Crippen molar-refractivity contribution in [2.24, 2.45) is 0 Å². The Kier molecular flexibility index (Phi) is 5.22. The zero-order valence-corrected chi connectivity index (χ0v) is 16.0. The Bertz CT molecular complexity index is 1090. The van der Waals surface area contributed by atoms with Gasteiger partial charge in [-0.2, -0.15) is 26.3 Å². The Hall–Kier alpha value is -3.16. The molecule has 30 heavy (non-hydrogen) atoms. The van der Waals surface area contributed by atoms with Gasteiger partial charge in [-0.05, 0) is 83.6 Å². The van der Waals surface area contributed by atoms with Crippen LogP contribution >= 0.6 is 0 Å². The third-order valence-corrected chi connectivity index (χ3v) is 4.67. The number of anilines is 2. The van der Waals surface area contributed by atoms with E-state index >= 15 is 0 Å². The maximum Gasteiger partial charge on any atom is 0.417 e. The van der Waals surface area contributed by atoms with Crippen molar-refractivity contribution in [2.75, 3.05) is 11.5 Å². The number of rotatable bonds is 2. The molecular weight excluding hydrogens is 406 g/mol. The van der Waals surface area contributed by atoms with Gasteiger partial charge in [0.25, 0.3) is 0 Å². The fourth-order valence-corrected chi connectivity index (χ4v) is 3.43. The van der Waals surface area contributed by atoms with Crippen LogP contribution in [0.3, 0.4) is 0 Å². The van der Waals surface area contributed by atoms with Gasteiger partial charge in [0, 0.05) is 11.4 Å². The molecule has 0 aliphatic heterocycles. The second-order valence-corrected chi connectivity index (χ2v) is 7.18. The molecule has 2 nitrogen and oxygen atoms in total. The van der Waals surface area contributed by atoms with Gasteiger partial charge in [0.05, 0.1) is 11.1 Å². The average Bonchev–Trinajstić information content (AvgIpc) is 2.58. The highest BCUT2D eigenvalue weighted by Gasteiger charge is 2.36. The van der Waals surface area contributed by atoms with E-state index in [9.17, 15) is 26.3 Å². The van der Waals surface area contributed by atoms with E-state index in [1.165, 1.54) is 6.07 Å². The van der Waals surface area contributed by atoms with Gasteiger partial charge in [0.2, 0.25) is 0 Å². The van der Waals surface area contributed by atoms with Crippen LogP contribution in [0.15, 0.2) is 48.5 Å². The summed E-state index contributed by atoms with van der Waals surface area (Å²) >= 11 is 0. The summed E-state index contributed by atoms with van der Waals surface area (Å²) in [4.78, 5) is 0. The van der Waals surface area contributed by atoms with Crippen molar-refractivity contribution in [3.63, 3.8) is 0 Å². The van der Waals surface area contributed by atoms with Crippen LogP contribution in [0.5, 0.6) is 0 Å². The molecule has 0 saturated heterocycles. The minimum atomic E-state index is -4.80. The summed E-state index contributed by atoms with van der Waals surface area (Å²) in [7, 11) is 0. The van der Waals surface area contributed by atoms with Crippen LogP contribution in [0.1, 0.15) is 22.3 Å². The van der Waals surface area contributed by atoms with Crippen LogP contribution < -0.4 is 11.5 Å². The van der Waals surface area contributed by atoms with Crippen molar-refractivity contribution in [3.8, 4) is 22.3 Å². The second-order valence-electron chi connectivity index (χ2n) is 7.18. The van der Waals surface area contributed by atoms with E-state index in [4.69, 9.17) is 11.5 Å². The van der Waals surface area contributed by atoms with Crippen LogP contribution in [0.25, 0.3) is 22.3 Å². The van der Waals surface area contributed by atoms with Gasteiger partial charge in [0.15, 0.2) is 0 Å². The first kappa shape index (κ1) is 21.5. The number of aryl methyl sites for hydroxylation is 2. The molecule has 0 spiro atoms. The van der Waals surface area contributed by atoms with E-state index in [0.717, 1.165) is 17.7 Å². The van der Waals surface area contributed by atoms with Crippen LogP contribution in [0.2, 0.25) is 0 Å². The molecule has 4 N–H and O–H groups in total. The van der Waals surface area contributed by atoms with Gasteiger partial charge in [-0.25, -0.2) is 0 Å². The van der Waals surface area contributed by atoms with Gasteiger partial charge in [-0.3, -0.25) is 0 Å². The molecule has 3 rings (SSSR count). The highest BCUT2D eigenvalue weighted by atomic mass is 19.4. The molecule has 158 valence electrons. The van der Waals surface area contributed by atoms with Crippen LogP contribution in [-0.2, 0) is 12.4 Å². The van der Waals surface area contributed by atoms with Crippen LogP contribution in [-0.4, -0.2) is 0 Å². The van der Waals surface area contributed by atoms with E-state index in [2.05, 4.69) is 0 Å².